The zero-order valence-electron chi connectivity index (χ0n) is 15.7. The molecule has 0 spiro atoms. The predicted octanol–water partition coefficient (Wildman–Crippen LogP) is 4.92. The van der Waals surface area contributed by atoms with Crippen molar-refractivity contribution in [2.45, 2.75) is 17.8 Å². The summed E-state index contributed by atoms with van der Waals surface area (Å²) in [7, 11) is 1.67. The number of hydrogen-bond donors (Lipinski definition) is 0. The second-order valence-electron chi connectivity index (χ2n) is 6.38. The lowest BCUT2D eigenvalue weighted by Gasteiger charge is -2.08. The Kier molecular flexibility index (Phi) is 5.39. The van der Waals surface area contributed by atoms with Gasteiger partial charge < -0.3 is 4.74 Å². The maximum absolute atomic E-state index is 5.53. The highest BCUT2D eigenvalue weighted by Gasteiger charge is 2.08. The summed E-state index contributed by atoms with van der Waals surface area (Å²) in [5, 5.41) is 15.8. The van der Waals surface area contributed by atoms with Crippen molar-refractivity contribution in [3.05, 3.63) is 83.7 Å². The zero-order valence-corrected chi connectivity index (χ0v) is 16.6. The van der Waals surface area contributed by atoms with Crippen molar-refractivity contribution in [2.24, 2.45) is 5.10 Å². The molecule has 0 aliphatic rings. The van der Waals surface area contributed by atoms with Gasteiger partial charge >= 0.3 is 0 Å². The largest absolute Gasteiger partial charge is 0.496 e. The SMILES string of the molecule is COc1ccc2ccccc2c1/C=N\n1cnnc1SCc1ccc(C)cc1. The van der Waals surface area contributed by atoms with Gasteiger partial charge in [0.1, 0.15) is 12.1 Å². The van der Waals surface area contributed by atoms with Gasteiger partial charge in [-0.2, -0.15) is 9.78 Å². The van der Waals surface area contributed by atoms with Crippen LogP contribution in [0, 0.1) is 6.92 Å². The molecule has 0 aliphatic heterocycles. The lowest BCUT2D eigenvalue weighted by atomic mass is 10.0. The second-order valence-corrected chi connectivity index (χ2v) is 7.32. The van der Waals surface area contributed by atoms with Crippen molar-refractivity contribution in [1.29, 1.82) is 0 Å². The van der Waals surface area contributed by atoms with Crippen molar-refractivity contribution < 1.29 is 4.74 Å². The summed E-state index contributed by atoms with van der Waals surface area (Å²) in [6.45, 7) is 2.09. The van der Waals surface area contributed by atoms with E-state index in [1.165, 1.54) is 11.1 Å². The Hall–Kier alpha value is -3.12. The van der Waals surface area contributed by atoms with Gasteiger partial charge in [0.05, 0.1) is 13.3 Å². The van der Waals surface area contributed by atoms with Gasteiger partial charge in [-0.1, -0.05) is 71.9 Å². The maximum atomic E-state index is 5.53. The molecule has 3 aromatic carbocycles. The monoisotopic (exact) mass is 388 g/mol. The summed E-state index contributed by atoms with van der Waals surface area (Å²) >= 11 is 1.61. The van der Waals surface area contributed by atoms with Gasteiger partial charge in [-0.25, -0.2) is 0 Å². The molecule has 0 aliphatic carbocycles. The van der Waals surface area contributed by atoms with Crippen molar-refractivity contribution in [2.75, 3.05) is 7.11 Å². The number of fused-ring (bicyclic) bond motifs is 1. The second kappa shape index (κ2) is 8.27. The number of ether oxygens (including phenoxy) is 1. The van der Waals surface area contributed by atoms with E-state index in [1.54, 1.807) is 36.1 Å². The van der Waals surface area contributed by atoms with Crippen molar-refractivity contribution in [3.63, 3.8) is 0 Å². The third kappa shape index (κ3) is 3.92. The van der Waals surface area contributed by atoms with Crippen LogP contribution >= 0.6 is 11.8 Å². The molecule has 0 saturated carbocycles. The molecule has 0 unspecified atom stereocenters. The van der Waals surface area contributed by atoms with E-state index in [-0.39, 0.29) is 0 Å². The third-order valence-electron chi connectivity index (χ3n) is 4.45. The van der Waals surface area contributed by atoms with Crippen molar-refractivity contribution >= 4 is 28.7 Å². The van der Waals surface area contributed by atoms with E-state index in [0.29, 0.717) is 0 Å². The minimum absolute atomic E-state index is 0.746. The Balaban J connectivity index is 1.59. The van der Waals surface area contributed by atoms with Crippen LogP contribution in [0.3, 0.4) is 0 Å². The Bertz CT molecular complexity index is 1120. The molecule has 1 heterocycles. The van der Waals surface area contributed by atoms with E-state index in [0.717, 1.165) is 33.0 Å². The fourth-order valence-corrected chi connectivity index (χ4v) is 3.75. The van der Waals surface area contributed by atoms with Crippen molar-refractivity contribution in [3.8, 4) is 5.75 Å². The van der Waals surface area contributed by atoms with Crippen LogP contribution in [0.5, 0.6) is 5.75 Å². The van der Waals surface area contributed by atoms with Crippen LogP contribution in [0.15, 0.2) is 77.2 Å². The van der Waals surface area contributed by atoms with E-state index in [2.05, 4.69) is 58.6 Å². The van der Waals surface area contributed by atoms with E-state index >= 15 is 0 Å². The van der Waals surface area contributed by atoms with Crippen LogP contribution < -0.4 is 4.74 Å². The Morgan fingerprint density at radius 3 is 2.71 bits per heavy atom. The molecule has 4 rings (SSSR count). The number of aryl methyl sites for hydroxylation is 1. The topological polar surface area (TPSA) is 52.3 Å². The first-order valence-electron chi connectivity index (χ1n) is 8.93. The Morgan fingerprint density at radius 2 is 1.89 bits per heavy atom. The van der Waals surface area contributed by atoms with Gasteiger partial charge in [0, 0.05) is 11.3 Å². The normalized spacial score (nSPS) is 11.4. The van der Waals surface area contributed by atoms with Gasteiger partial charge in [-0.05, 0) is 29.3 Å². The minimum Gasteiger partial charge on any atom is -0.496 e. The summed E-state index contributed by atoms with van der Waals surface area (Å²) in [6, 6.07) is 20.7. The molecule has 0 amide bonds. The highest BCUT2D eigenvalue weighted by Crippen LogP contribution is 2.27. The average Bonchev–Trinajstić information content (AvgIpc) is 3.18. The van der Waals surface area contributed by atoms with Crippen LogP contribution in [0.4, 0.5) is 0 Å². The molecule has 0 radical (unpaired) electrons. The quantitative estimate of drug-likeness (QED) is 0.347. The highest BCUT2D eigenvalue weighted by molar-refractivity contribution is 7.98. The van der Waals surface area contributed by atoms with E-state index in [1.807, 2.05) is 24.3 Å². The molecule has 0 N–H and O–H groups in total. The summed E-state index contributed by atoms with van der Waals surface area (Å²) in [5.41, 5.74) is 3.43. The van der Waals surface area contributed by atoms with Crippen LogP contribution in [-0.2, 0) is 5.75 Å². The molecule has 1 aromatic heterocycles. The maximum Gasteiger partial charge on any atom is 0.212 e. The summed E-state index contributed by atoms with van der Waals surface area (Å²) in [6.07, 6.45) is 3.42. The van der Waals surface area contributed by atoms with Gasteiger partial charge in [0.2, 0.25) is 5.16 Å². The fraction of sp³-hybridized carbons (Fsp3) is 0.136. The van der Waals surface area contributed by atoms with Crippen LogP contribution in [0.1, 0.15) is 16.7 Å². The van der Waals surface area contributed by atoms with Crippen LogP contribution in [0.2, 0.25) is 0 Å². The molecule has 0 atom stereocenters. The number of nitrogens with zero attached hydrogens (tertiary/aromatic N) is 4. The lowest BCUT2D eigenvalue weighted by Crippen LogP contribution is -1.96. The third-order valence-corrected chi connectivity index (χ3v) is 5.46. The van der Waals surface area contributed by atoms with Crippen molar-refractivity contribution in [1.82, 2.24) is 14.9 Å². The number of methoxy groups -OCH3 is 1. The average molecular weight is 388 g/mol. The highest BCUT2D eigenvalue weighted by atomic mass is 32.2. The molecule has 6 heteroatoms. The molecule has 0 fully saturated rings. The number of hydrogen-bond acceptors (Lipinski definition) is 5. The van der Waals surface area contributed by atoms with E-state index in [9.17, 15) is 0 Å². The van der Waals surface area contributed by atoms with Crippen LogP contribution in [-0.4, -0.2) is 28.2 Å². The molecule has 4 aromatic rings. The lowest BCUT2D eigenvalue weighted by molar-refractivity contribution is 0.415. The molecular formula is C22H20N4OS. The number of benzene rings is 3. The number of aromatic nitrogens is 3. The fourth-order valence-electron chi connectivity index (χ4n) is 2.93. The molecule has 0 saturated heterocycles. The Labute approximate surface area is 168 Å². The van der Waals surface area contributed by atoms with E-state index in [4.69, 9.17) is 4.74 Å². The predicted molar refractivity (Wildman–Crippen MR) is 114 cm³/mol. The summed E-state index contributed by atoms with van der Waals surface area (Å²) < 4.78 is 7.23. The first-order valence-corrected chi connectivity index (χ1v) is 9.91. The summed E-state index contributed by atoms with van der Waals surface area (Å²) in [4.78, 5) is 0. The minimum atomic E-state index is 0.746. The molecule has 140 valence electrons. The number of thioether (sulfide) groups is 1. The molecule has 0 bridgehead atoms. The molecular weight excluding hydrogens is 368 g/mol. The molecule has 5 nitrogen and oxygen atoms in total. The first-order chi connectivity index (χ1) is 13.7. The summed E-state index contributed by atoms with van der Waals surface area (Å²) in [5.74, 6) is 1.59. The van der Waals surface area contributed by atoms with E-state index < -0.39 is 0 Å². The molecule has 28 heavy (non-hydrogen) atoms. The van der Waals surface area contributed by atoms with Gasteiger partial charge in [0.25, 0.3) is 0 Å². The zero-order chi connectivity index (χ0) is 19.3. The Morgan fingerprint density at radius 1 is 1.07 bits per heavy atom. The standard InChI is InChI=1S/C22H20N4OS/c1-16-7-9-17(10-8-16)14-28-22-25-23-15-26(22)24-13-20-19-6-4-3-5-18(19)11-12-21(20)27-2/h3-13,15H,14H2,1-2H3/b24-13-. The van der Waals surface area contributed by atoms with Gasteiger partial charge in [-0.3, -0.25) is 0 Å². The first kappa shape index (κ1) is 18.3. The van der Waals surface area contributed by atoms with Crippen LogP contribution in [0.25, 0.3) is 10.8 Å². The van der Waals surface area contributed by atoms with Gasteiger partial charge in [0.15, 0.2) is 0 Å². The smallest absolute Gasteiger partial charge is 0.212 e. The van der Waals surface area contributed by atoms with Gasteiger partial charge in [-0.15, -0.1) is 10.2 Å². The number of rotatable bonds is 6.